The van der Waals surface area contributed by atoms with Gasteiger partial charge in [0, 0.05) is 21.7 Å². The Morgan fingerprint density at radius 1 is 1.22 bits per heavy atom. The SMILES string of the molecule is O=CC(CBr)C1(c2ccc(Cl)cc2)CCCCC1. The fourth-order valence-corrected chi connectivity index (χ4v) is 4.05. The van der Waals surface area contributed by atoms with Gasteiger partial charge in [-0.1, -0.05) is 58.9 Å². The van der Waals surface area contributed by atoms with Gasteiger partial charge in [0.15, 0.2) is 0 Å². The Hall–Kier alpha value is -0.340. The van der Waals surface area contributed by atoms with Gasteiger partial charge in [0.05, 0.1) is 0 Å². The fraction of sp³-hybridized carbons (Fsp3) is 0.533. The summed E-state index contributed by atoms with van der Waals surface area (Å²) >= 11 is 9.47. The number of hydrogen-bond acceptors (Lipinski definition) is 1. The lowest BCUT2D eigenvalue weighted by Crippen LogP contribution is -2.39. The zero-order valence-corrected chi connectivity index (χ0v) is 12.7. The molecular formula is C15H18BrClO. The van der Waals surface area contributed by atoms with Crippen LogP contribution in [0.5, 0.6) is 0 Å². The van der Waals surface area contributed by atoms with Crippen molar-refractivity contribution in [2.75, 3.05) is 5.33 Å². The van der Waals surface area contributed by atoms with E-state index in [1.807, 2.05) is 12.1 Å². The van der Waals surface area contributed by atoms with Crippen LogP contribution in [0.3, 0.4) is 0 Å². The molecule has 18 heavy (non-hydrogen) atoms. The number of halogens is 2. The molecule has 1 aromatic carbocycles. The molecule has 98 valence electrons. The molecule has 0 spiro atoms. The smallest absolute Gasteiger partial charge is 0.124 e. The van der Waals surface area contributed by atoms with E-state index in [1.54, 1.807) is 0 Å². The van der Waals surface area contributed by atoms with Crippen molar-refractivity contribution < 1.29 is 4.79 Å². The maximum Gasteiger partial charge on any atom is 0.124 e. The molecule has 1 saturated carbocycles. The van der Waals surface area contributed by atoms with Gasteiger partial charge in [0.1, 0.15) is 6.29 Å². The number of hydrogen-bond donors (Lipinski definition) is 0. The van der Waals surface area contributed by atoms with E-state index in [-0.39, 0.29) is 11.3 Å². The van der Waals surface area contributed by atoms with E-state index in [9.17, 15) is 4.79 Å². The van der Waals surface area contributed by atoms with E-state index in [0.717, 1.165) is 29.5 Å². The van der Waals surface area contributed by atoms with Crippen molar-refractivity contribution >= 4 is 33.8 Å². The van der Waals surface area contributed by atoms with Gasteiger partial charge >= 0.3 is 0 Å². The van der Waals surface area contributed by atoms with Gasteiger partial charge in [-0.15, -0.1) is 0 Å². The van der Waals surface area contributed by atoms with Crippen LogP contribution in [0.15, 0.2) is 24.3 Å². The van der Waals surface area contributed by atoms with Crippen molar-refractivity contribution in [3.63, 3.8) is 0 Å². The zero-order valence-electron chi connectivity index (χ0n) is 10.4. The molecule has 1 fully saturated rings. The van der Waals surface area contributed by atoms with Crippen LogP contribution in [-0.4, -0.2) is 11.6 Å². The normalized spacial score (nSPS) is 20.3. The predicted molar refractivity (Wildman–Crippen MR) is 79.6 cm³/mol. The largest absolute Gasteiger partial charge is 0.303 e. The molecule has 1 nitrogen and oxygen atoms in total. The van der Waals surface area contributed by atoms with E-state index >= 15 is 0 Å². The van der Waals surface area contributed by atoms with E-state index in [2.05, 4.69) is 28.1 Å². The third kappa shape index (κ3) is 2.65. The lowest BCUT2D eigenvalue weighted by atomic mass is 9.63. The van der Waals surface area contributed by atoms with E-state index in [0.29, 0.717) is 0 Å². The maximum absolute atomic E-state index is 11.4. The number of carbonyl (C=O) groups is 1. The van der Waals surface area contributed by atoms with Crippen molar-refractivity contribution in [3.8, 4) is 0 Å². The van der Waals surface area contributed by atoms with Crippen LogP contribution < -0.4 is 0 Å². The summed E-state index contributed by atoms with van der Waals surface area (Å²) in [6, 6.07) is 8.05. The third-order valence-corrected chi connectivity index (χ3v) is 5.15. The summed E-state index contributed by atoms with van der Waals surface area (Å²) in [6.07, 6.45) is 7.02. The molecule has 0 saturated heterocycles. The van der Waals surface area contributed by atoms with Gasteiger partial charge in [0.2, 0.25) is 0 Å². The highest BCUT2D eigenvalue weighted by molar-refractivity contribution is 9.09. The van der Waals surface area contributed by atoms with Crippen LogP contribution in [0, 0.1) is 5.92 Å². The molecule has 0 aromatic heterocycles. The second kappa shape index (κ2) is 6.21. The molecule has 2 rings (SSSR count). The molecule has 1 aliphatic carbocycles. The molecule has 1 aromatic rings. The molecule has 0 bridgehead atoms. The van der Waals surface area contributed by atoms with Gasteiger partial charge in [-0.3, -0.25) is 0 Å². The molecule has 0 N–H and O–H groups in total. The lowest BCUT2D eigenvalue weighted by molar-refractivity contribution is -0.112. The zero-order chi connectivity index (χ0) is 13.0. The molecular weight excluding hydrogens is 312 g/mol. The minimum absolute atomic E-state index is 0.00802. The summed E-state index contributed by atoms with van der Waals surface area (Å²) in [5.74, 6) is 0.0546. The first-order chi connectivity index (χ1) is 8.73. The minimum atomic E-state index is 0.00802. The standard InChI is InChI=1S/C15H18BrClO/c16-10-13(11-18)15(8-2-1-3-9-15)12-4-6-14(17)7-5-12/h4-7,11,13H,1-3,8-10H2. The van der Waals surface area contributed by atoms with E-state index in [4.69, 9.17) is 11.6 Å². The molecule has 0 radical (unpaired) electrons. The second-order valence-corrected chi connectivity index (χ2v) is 6.20. The third-order valence-electron chi connectivity index (χ3n) is 4.21. The van der Waals surface area contributed by atoms with Crippen LogP contribution in [0.25, 0.3) is 0 Å². The number of carbonyl (C=O) groups excluding carboxylic acids is 1. The second-order valence-electron chi connectivity index (χ2n) is 5.12. The molecule has 0 amide bonds. The van der Waals surface area contributed by atoms with Crippen molar-refractivity contribution in [1.29, 1.82) is 0 Å². The Morgan fingerprint density at radius 3 is 2.33 bits per heavy atom. The van der Waals surface area contributed by atoms with Gasteiger partial charge in [-0.25, -0.2) is 0 Å². The van der Waals surface area contributed by atoms with Crippen LogP contribution in [0.1, 0.15) is 37.7 Å². The minimum Gasteiger partial charge on any atom is -0.303 e. The van der Waals surface area contributed by atoms with Crippen LogP contribution in [-0.2, 0) is 10.2 Å². The predicted octanol–water partition coefficient (Wildman–Crippen LogP) is 4.75. The first-order valence-corrected chi connectivity index (χ1v) is 8.00. The Balaban J connectivity index is 2.40. The highest BCUT2D eigenvalue weighted by Gasteiger charge is 2.40. The average Bonchev–Trinajstić information content (AvgIpc) is 2.42. The Morgan fingerprint density at radius 2 is 1.83 bits per heavy atom. The first-order valence-electron chi connectivity index (χ1n) is 6.50. The fourth-order valence-electron chi connectivity index (χ4n) is 3.15. The molecule has 0 aliphatic heterocycles. The Labute approximate surface area is 122 Å². The number of rotatable bonds is 4. The number of aldehydes is 1. The quantitative estimate of drug-likeness (QED) is 0.575. The topological polar surface area (TPSA) is 17.1 Å². The maximum atomic E-state index is 11.4. The summed E-state index contributed by atoms with van der Waals surface area (Å²) in [6.45, 7) is 0. The molecule has 0 heterocycles. The Kier molecular flexibility index (Phi) is 4.85. The molecule has 1 unspecified atom stereocenters. The molecule has 1 aliphatic rings. The monoisotopic (exact) mass is 328 g/mol. The van der Waals surface area contributed by atoms with E-state index < -0.39 is 0 Å². The Bertz CT molecular complexity index is 395. The van der Waals surface area contributed by atoms with Crippen LogP contribution in [0.4, 0.5) is 0 Å². The summed E-state index contributed by atoms with van der Waals surface area (Å²) in [4.78, 5) is 11.4. The van der Waals surface area contributed by atoms with Crippen molar-refractivity contribution in [1.82, 2.24) is 0 Å². The van der Waals surface area contributed by atoms with Crippen LogP contribution >= 0.6 is 27.5 Å². The van der Waals surface area contributed by atoms with Gasteiger partial charge in [-0.2, -0.15) is 0 Å². The summed E-state index contributed by atoms with van der Waals surface area (Å²) in [5, 5.41) is 1.49. The summed E-state index contributed by atoms with van der Waals surface area (Å²) < 4.78 is 0. The average molecular weight is 330 g/mol. The summed E-state index contributed by atoms with van der Waals surface area (Å²) in [7, 11) is 0. The van der Waals surface area contributed by atoms with Gasteiger partial charge < -0.3 is 4.79 Å². The molecule has 3 heteroatoms. The van der Waals surface area contributed by atoms with Gasteiger partial charge in [0.25, 0.3) is 0 Å². The van der Waals surface area contributed by atoms with Crippen molar-refractivity contribution in [2.45, 2.75) is 37.5 Å². The van der Waals surface area contributed by atoms with Gasteiger partial charge in [-0.05, 0) is 30.5 Å². The highest BCUT2D eigenvalue weighted by Crippen LogP contribution is 2.45. The van der Waals surface area contributed by atoms with E-state index in [1.165, 1.54) is 24.8 Å². The number of benzene rings is 1. The highest BCUT2D eigenvalue weighted by atomic mass is 79.9. The molecule has 1 atom stereocenters. The lowest BCUT2D eigenvalue weighted by Gasteiger charge is -2.41. The number of alkyl halides is 1. The first kappa shape index (κ1) is 14.1. The van der Waals surface area contributed by atoms with Crippen molar-refractivity contribution in [2.24, 2.45) is 5.92 Å². The van der Waals surface area contributed by atoms with Crippen LogP contribution in [0.2, 0.25) is 5.02 Å². The summed E-state index contributed by atoms with van der Waals surface area (Å²) in [5.41, 5.74) is 1.27. The van der Waals surface area contributed by atoms with Crippen molar-refractivity contribution in [3.05, 3.63) is 34.9 Å².